The van der Waals surface area contributed by atoms with E-state index in [0.29, 0.717) is 5.56 Å². The molecule has 102 valence electrons. The highest BCUT2D eigenvalue weighted by Crippen LogP contribution is 2.25. The van der Waals surface area contributed by atoms with E-state index in [-0.39, 0.29) is 22.8 Å². The van der Waals surface area contributed by atoms with Crippen LogP contribution in [0, 0.1) is 27.2 Å². The summed E-state index contributed by atoms with van der Waals surface area (Å²) < 4.78 is 4.84. The number of benzene rings is 1. The molecule has 8 nitrogen and oxygen atoms in total. The van der Waals surface area contributed by atoms with E-state index in [4.69, 9.17) is 4.52 Å². The fraction of sp³-hybridized carbons (Fsp3) is 0.0833. The van der Waals surface area contributed by atoms with E-state index in [9.17, 15) is 20.2 Å². The number of hydrogen-bond donors (Lipinski definition) is 0. The molecule has 1 aromatic heterocycles. The summed E-state index contributed by atoms with van der Waals surface area (Å²) in [5, 5.41) is 25.0. The smallest absolute Gasteiger partial charge is 0.338 e. The van der Waals surface area contributed by atoms with E-state index in [1.54, 1.807) is 6.07 Å². The van der Waals surface area contributed by atoms with Crippen LogP contribution in [0.1, 0.15) is 17.0 Å². The zero-order valence-electron chi connectivity index (χ0n) is 10.3. The van der Waals surface area contributed by atoms with Gasteiger partial charge in [0.25, 0.3) is 5.69 Å². The SMILES string of the molecule is Cc1noc(/C=C\c2cccc([N+](=O)[O-])c2)c1[N+](=O)[O-]. The Morgan fingerprint density at radius 3 is 2.60 bits per heavy atom. The van der Waals surface area contributed by atoms with Crippen LogP contribution in [0.4, 0.5) is 11.4 Å². The topological polar surface area (TPSA) is 112 Å². The first-order chi connectivity index (χ1) is 9.49. The molecule has 0 saturated carbocycles. The zero-order valence-corrected chi connectivity index (χ0v) is 10.3. The Morgan fingerprint density at radius 2 is 1.95 bits per heavy atom. The Balaban J connectivity index is 2.32. The Kier molecular flexibility index (Phi) is 3.56. The molecule has 0 amide bonds. The van der Waals surface area contributed by atoms with Gasteiger partial charge in [0, 0.05) is 12.1 Å². The van der Waals surface area contributed by atoms with Gasteiger partial charge in [-0.05, 0) is 18.6 Å². The average Bonchev–Trinajstić information content (AvgIpc) is 2.78. The molecular weight excluding hydrogens is 266 g/mol. The molecule has 1 aromatic carbocycles. The molecule has 0 aliphatic rings. The fourth-order valence-electron chi connectivity index (χ4n) is 1.63. The summed E-state index contributed by atoms with van der Waals surface area (Å²) in [5.74, 6) is -0.000920. The number of aromatic nitrogens is 1. The molecule has 0 unspecified atom stereocenters. The van der Waals surface area contributed by atoms with Crippen molar-refractivity contribution in [3.05, 3.63) is 61.5 Å². The summed E-state index contributed by atoms with van der Waals surface area (Å²) in [6, 6.07) is 5.88. The highest BCUT2D eigenvalue weighted by Gasteiger charge is 2.21. The molecule has 0 aliphatic carbocycles. The van der Waals surface area contributed by atoms with Gasteiger partial charge in [0.05, 0.1) is 9.85 Å². The number of non-ortho nitro benzene ring substituents is 1. The monoisotopic (exact) mass is 275 g/mol. The van der Waals surface area contributed by atoms with Crippen LogP contribution in [0.2, 0.25) is 0 Å². The molecule has 2 aromatic rings. The number of nitro groups is 2. The van der Waals surface area contributed by atoms with Crippen LogP contribution in [0.3, 0.4) is 0 Å². The number of nitro benzene ring substituents is 1. The summed E-state index contributed by atoms with van der Waals surface area (Å²) in [7, 11) is 0. The molecule has 0 spiro atoms. The van der Waals surface area contributed by atoms with Crippen LogP contribution < -0.4 is 0 Å². The van der Waals surface area contributed by atoms with Crippen molar-refractivity contribution in [2.75, 3.05) is 0 Å². The second-order valence-electron chi connectivity index (χ2n) is 3.92. The lowest BCUT2D eigenvalue weighted by Crippen LogP contribution is -1.90. The molecule has 0 radical (unpaired) electrons. The third kappa shape index (κ3) is 2.69. The quantitative estimate of drug-likeness (QED) is 0.626. The maximum atomic E-state index is 10.8. The molecule has 0 saturated heterocycles. The molecular formula is C12H9N3O5. The molecule has 20 heavy (non-hydrogen) atoms. The third-order valence-corrected chi connectivity index (χ3v) is 2.55. The fourth-order valence-corrected chi connectivity index (χ4v) is 1.63. The minimum atomic E-state index is -0.584. The Morgan fingerprint density at radius 1 is 1.20 bits per heavy atom. The van der Waals surface area contributed by atoms with Gasteiger partial charge in [-0.3, -0.25) is 20.2 Å². The van der Waals surface area contributed by atoms with Gasteiger partial charge in [0.15, 0.2) is 5.69 Å². The van der Waals surface area contributed by atoms with Crippen LogP contribution in [-0.4, -0.2) is 15.0 Å². The predicted molar refractivity (Wildman–Crippen MR) is 69.9 cm³/mol. The van der Waals surface area contributed by atoms with Crippen molar-refractivity contribution in [2.45, 2.75) is 6.92 Å². The van der Waals surface area contributed by atoms with E-state index in [1.807, 2.05) is 0 Å². The van der Waals surface area contributed by atoms with Gasteiger partial charge in [0.1, 0.15) is 0 Å². The molecule has 2 rings (SSSR count). The van der Waals surface area contributed by atoms with E-state index in [0.717, 1.165) is 0 Å². The summed E-state index contributed by atoms with van der Waals surface area (Å²) in [5.41, 5.74) is 0.429. The largest absolute Gasteiger partial charge is 0.349 e. The molecule has 0 aliphatic heterocycles. The molecule has 0 fully saturated rings. The summed E-state index contributed by atoms with van der Waals surface area (Å²) in [6.45, 7) is 1.46. The number of aryl methyl sites for hydroxylation is 1. The molecule has 8 heteroatoms. The van der Waals surface area contributed by atoms with E-state index < -0.39 is 9.85 Å². The summed E-state index contributed by atoms with van der Waals surface area (Å²) >= 11 is 0. The summed E-state index contributed by atoms with van der Waals surface area (Å²) in [6.07, 6.45) is 2.84. The maximum absolute atomic E-state index is 10.8. The van der Waals surface area contributed by atoms with Crippen LogP contribution in [-0.2, 0) is 0 Å². The molecule has 1 heterocycles. The van der Waals surface area contributed by atoms with Crippen LogP contribution >= 0.6 is 0 Å². The van der Waals surface area contributed by atoms with E-state index in [1.165, 1.54) is 37.3 Å². The van der Waals surface area contributed by atoms with Gasteiger partial charge in [-0.1, -0.05) is 23.4 Å². The van der Waals surface area contributed by atoms with Crippen molar-refractivity contribution < 1.29 is 14.4 Å². The average molecular weight is 275 g/mol. The van der Waals surface area contributed by atoms with E-state index >= 15 is 0 Å². The predicted octanol–water partition coefficient (Wildman–Crippen LogP) is 2.97. The van der Waals surface area contributed by atoms with Gasteiger partial charge < -0.3 is 4.52 Å². The Labute approximate surface area is 112 Å². The van der Waals surface area contributed by atoms with Crippen molar-refractivity contribution in [2.24, 2.45) is 0 Å². The lowest BCUT2D eigenvalue weighted by Gasteiger charge is -1.93. The maximum Gasteiger partial charge on any atom is 0.338 e. The highest BCUT2D eigenvalue weighted by molar-refractivity contribution is 5.72. The van der Waals surface area contributed by atoms with E-state index in [2.05, 4.69) is 5.16 Å². The minimum absolute atomic E-state index is 0.000920. The van der Waals surface area contributed by atoms with Gasteiger partial charge in [-0.2, -0.15) is 0 Å². The first kappa shape index (κ1) is 13.4. The van der Waals surface area contributed by atoms with Crippen molar-refractivity contribution >= 4 is 23.5 Å². The molecule has 0 bridgehead atoms. The van der Waals surface area contributed by atoms with Gasteiger partial charge in [-0.25, -0.2) is 0 Å². The van der Waals surface area contributed by atoms with Gasteiger partial charge in [-0.15, -0.1) is 0 Å². The standard InChI is InChI=1S/C12H9N3O5/c1-8-12(15(18)19)11(20-13-8)6-5-9-3-2-4-10(7-9)14(16)17/h2-7H,1H3/b6-5-. The van der Waals surface area contributed by atoms with Crippen LogP contribution in [0.5, 0.6) is 0 Å². The zero-order chi connectivity index (χ0) is 14.7. The second kappa shape index (κ2) is 5.31. The first-order valence-corrected chi connectivity index (χ1v) is 5.52. The van der Waals surface area contributed by atoms with Crippen molar-refractivity contribution in [1.29, 1.82) is 0 Å². The Hall–Kier alpha value is -3.03. The number of nitrogens with zero attached hydrogens (tertiary/aromatic N) is 3. The first-order valence-electron chi connectivity index (χ1n) is 5.52. The van der Waals surface area contributed by atoms with Crippen molar-refractivity contribution in [1.82, 2.24) is 5.16 Å². The second-order valence-corrected chi connectivity index (χ2v) is 3.92. The van der Waals surface area contributed by atoms with Gasteiger partial charge >= 0.3 is 5.69 Å². The van der Waals surface area contributed by atoms with Crippen molar-refractivity contribution in [3.63, 3.8) is 0 Å². The normalized spacial score (nSPS) is 10.8. The number of rotatable bonds is 4. The van der Waals surface area contributed by atoms with Crippen molar-refractivity contribution in [3.8, 4) is 0 Å². The lowest BCUT2D eigenvalue weighted by atomic mass is 10.1. The Bertz CT molecular complexity index is 705. The summed E-state index contributed by atoms with van der Waals surface area (Å²) in [4.78, 5) is 20.4. The number of hydrogen-bond acceptors (Lipinski definition) is 6. The minimum Gasteiger partial charge on any atom is -0.349 e. The third-order valence-electron chi connectivity index (χ3n) is 2.55. The van der Waals surface area contributed by atoms with Crippen LogP contribution in [0.15, 0.2) is 28.8 Å². The lowest BCUT2D eigenvalue weighted by molar-refractivity contribution is -0.386. The molecule has 0 N–H and O–H groups in total. The highest BCUT2D eigenvalue weighted by atomic mass is 16.6. The molecule has 0 atom stereocenters. The van der Waals surface area contributed by atoms with Gasteiger partial charge in [0.2, 0.25) is 5.76 Å². The van der Waals surface area contributed by atoms with Crippen LogP contribution in [0.25, 0.3) is 12.2 Å².